The van der Waals surface area contributed by atoms with Crippen molar-refractivity contribution in [1.29, 1.82) is 0 Å². The van der Waals surface area contributed by atoms with Gasteiger partial charge in [0.05, 0.1) is 26.5 Å². The number of ether oxygens (including phenoxy) is 3. The number of benzene rings is 1. The molecule has 0 amide bonds. The third kappa shape index (κ3) is 3.40. The van der Waals surface area contributed by atoms with Gasteiger partial charge < -0.3 is 30.2 Å². The Morgan fingerprint density at radius 1 is 1.29 bits per heavy atom. The van der Waals surface area contributed by atoms with Crippen LogP contribution in [0, 0.1) is 0 Å². The van der Waals surface area contributed by atoms with Gasteiger partial charge in [0.1, 0.15) is 18.5 Å². The summed E-state index contributed by atoms with van der Waals surface area (Å²) in [5, 5.41) is 17.9. The number of rotatable bonds is 6. The van der Waals surface area contributed by atoms with Crippen LogP contribution < -0.4 is 19.9 Å². The molecule has 0 fully saturated rings. The van der Waals surface area contributed by atoms with Gasteiger partial charge in [-0.05, 0) is 0 Å². The van der Waals surface area contributed by atoms with Gasteiger partial charge in [0.25, 0.3) is 0 Å². The SMILES string of the molecule is COc1cc(N)c(OC[C@H](O)CO)c(OC)c1. The van der Waals surface area contributed by atoms with Gasteiger partial charge in [-0.1, -0.05) is 0 Å². The minimum absolute atomic E-state index is 0.0661. The zero-order valence-electron chi connectivity index (χ0n) is 9.84. The lowest BCUT2D eigenvalue weighted by molar-refractivity contribution is 0.0530. The van der Waals surface area contributed by atoms with E-state index >= 15 is 0 Å². The summed E-state index contributed by atoms with van der Waals surface area (Å²) in [6.07, 6.45) is -0.957. The average Bonchev–Trinajstić information content (AvgIpc) is 2.35. The number of aliphatic hydroxyl groups excluding tert-OH is 2. The summed E-state index contributed by atoms with van der Waals surface area (Å²) in [6, 6.07) is 3.21. The van der Waals surface area contributed by atoms with Gasteiger partial charge in [-0.15, -0.1) is 0 Å². The first-order valence-corrected chi connectivity index (χ1v) is 5.05. The van der Waals surface area contributed by atoms with Gasteiger partial charge in [-0.3, -0.25) is 0 Å². The van der Waals surface area contributed by atoms with Crippen molar-refractivity contribution in [2.75, 3.05) is 33.2 Å². The van der Waals surface area contributed by atoms with Crippen LogP contribution in [0.15, 0.2) is 12.1 Å². The van der Waals surface area contributed by atoms with Crippen LogP contribution in [0.1, 0.15) is 0 Å². The summed E-state index contributed by atoms with van der Waals surface area (Å²) in [5.74, 6) is 1.28. The van der Waals surface area contributed by atoms with Crippen molar-refractivity contribution in [3.8, 4) is 17.2 Å². The van der Waals surface area contributed by atoms with Crippen LogP contribution in [0.2, 0.25) is 0 Å². The summed E-state index contributed by atoms with van der Waals surface area (Å²) in [7, 11) is 2.99. The van der Waals surface area contributed by atoms with E-state index in [2.05, 4.69) is 0 Å². The molecule has 0 aliphatic rings. The number of methoxy groups -OCH3 is 2. The van der Waals surface area contributed by atoms with Crippen LogP contribution in [0.3, 0.4) is 0 Å². The van der Waals surface area contributed by atoms with E-state index in [1.807, 2.05) is 0 Å². The number of nitrogens with two attached hydrogens (primary N) is 1. The molecule has 0 bridgehead atoms. The maximum absolute atomic E-state index is 9.19. The molecule has 0 radical (unpaired) electrons. The van der Waals surface area contributed by atoms with E-state index in [9.17, 15) is 5.11 Å². The van der Waals surface area contributed by atoms with Crippen molar-refractivity contribution in [3.63, 3.8) is 0 Å². The molecule has 6 nitrogen and oxygen atoms in total. The predicted molar refractivity (Wildman–Crippen MR) is 62.5 cm³/mol. The van der Waals surface area contributed by atoms with Crippen LogP contribution in [0.4, 0.5) is 5.69 Å². The second-order valence-corrected chi connectivity index (χ2v) is 3.40. The van der Waals surface area contributed by atoms with Crippen molar-refractivity contribution < 1.29 is 24.4 Å². The quantitative estimate of drug-likeness (QED) is 0.610. The van der Waals surface area contributed by atoms with Crippen LogP contribution in [-0.4, -0.2) is 43.8 Å². The van der Waals surface area contributed by atoms with Crippen LogP contribution in [0.25, 0.3) is 0 Å². The Labute approximate surface area is 99.5 Å². The summed E-state index contributed by atoms with van der Waals surface area (Å²) < 4.78 is 15.4. The molecule has 0 aromatic heterocycles. The molecule has 1 aromatic rings. The van der Waals surface area contributed by atoms with Gasteiger partial charge >= 0.3 is 0 Å². The van der Waals surface area contributed by atoms with Crippen LogP contribution >= 0.6 is 0 Å². The lowest BCUT2D eigenvalue weighted by Gasteiger charge is -2.15. The minimum atomic E-state index is -0.957. The van der Waals surface area contributed by atoms with Crippen molar-refractivity contribution >= 4 is 5.69 Å². The third-order valence-electron chi connectivity index (χ3n) is 2.14. The summed E-state index contributed by atoms with van der Waals surface area (Å²) in [6.45, 7) is -0.443. The van der Waals surface area contributed by atoms with Crippen molar-refractivity contribution in [2.45, 2.75) is 6.10 Å². The zero-order valence-corrected chi connectivity index (χ0v) is 9.84. The van der Waals surface area contributed by atoms with E-state index in [-0.39, 0.29) is 13.2 Å². The average molecular weight is 243 g/mol. The molecule has 0 saturated carbocycles. The number of hydrogen-bond acceptors (Lipinski definition) is 6. The first-order chi connectivity index (χ1) is 8.12. The molecule has 6 heteroatoms. The number of aliphatic hydroxyl groups is 2. The largest absolute Gasteiger partial charge is 0.497 e. The lowest BCUT2D eigenvalue weighted by atomic mass is 10.2. The fourth-order valence-electron chi connectivity index (χ4n) is 1.25. The normalized spacial score (nSPS) is 12.0. The summed E-state index contributed by atoms with van der Waals surface area (Å²) >= 11 is 0. The lowest BCUT2D eigenvalue weighted by Crippen LogP contribution is -2.21. The van der Waals surface area contributed by atoms with Crippen LogP contribution in [-0.2, 0) is 0 Å². The Morgan fingerprint density at radius 2 is 2.00 bits per heavy atom. The van der Waals surface area contributed by atoms with E-state index < -0.39 is 6.10 Å². The maximum atomic E-state index is 9.19. The maximum Gasteiger partial charge on any atom is 0.184 e. The molecular formula is C11H17NO5. The molecule has 96 valence electrons. The van der Waals surface area contributed by atoms with E-state index in [0.29, 0.717) is 22.9 Å². The Kier molecular flexibility index (Phi) is 4.86. The number of nitrogen functional groups attached to an aromatic ring is 1. The van der Waals surface area contributed by atoms with E-state index in [1.165, 1.54) is 14.2 Å². The molecule has 0 aliphatic carbocycles. The van der Waals surface area contributed by atoms with Crippen LogP contribution in [0.5, 0.6) is 17.2 Å². The Hall–Kier alpha value is -1.66. The zero-order chi connectivity index (χ0) is 12.8. The highest BCUT2D eigenvalue weighted by Gasteiger charge is 2.13. The number of anilines is 1. The molecular weight excluding hydrogens is 226 g/mol. The van der Waals surface area contributed by atoms with Gasteiger partial charge in [0.2, 0.25) is 0 Å². The fraction of sp³-hybridized carbons (Fsp3) is 0.455. The molecule has 1 rings (SSSR count). The first kappa shape index (κ1) is 13.4. The van der Waals surface area contributed by atoms with Crippen molar-refractivity contribution in [2.24, 2.45) is 0 Å². The molecule has 1 atom stereocenters. The molecule has 1 aromatic carbocycles. The third-order valence-corrected chi connectivity index (χ3v) is 2.14. The molecule has 17 heavy (non-hydrogen) atoms. The van der Waals surface area contributed by atoms with Crippen molar-refractivity contribution in [3.05, 3.63) is 12.1 Å². The standard InChI is InChI=1S/C11H17NO5/c1-15-8-3-9(12)11(10(4-8)16-2)17-6-7(14)5-13/h3-4,7,13-14H,5-6,12H2,1-2H3/t7-/m1/s1. The second-order valence-electron chi connectivity index (χ2n) is 3.40. The second kappa shape index (κ2) is 6.17. The van der Waals surface area contributed by atoms with E-state index in [4.69, 9.17) is 25.1 Å². The van der Waals surface area contributed by atoms with Gasteiger partial charge in [0, 0.05) is 12.1 Å². The first-order valence-electron chi connectivity index (χ1n) is 5.05. The predicted octanol–water partition coefficient (Wildman–Crippen LogP) is 0.0180. The summed E-state index contributed by atoms with van der Waals surface area (Å²) in [4.78, 5) is 0. The van der Waals surface area contributed by atoms with Crippen molar-refractivity contribution in [1.82, 2.24) is 0 Å². The Bertz CT molecular complexity index is 369. The Morgan fingerprint density at radius 3 is 2.53 bits per heavy atom. The van der Waals surface area contributed by atoms with Gasteiger partial charge in [-0.2, -0.15) is 0 Å². The fourth-order valence-corrected chi connectivity index (χ4v) is 1.25. The summed E-state index contributed by atoms with van der Waals surface area (Å²) in [5.41, 5.74) is 6.11. The minimum Gasteiger partial charge on any atom is -0.497 e. The molecule has 0 unspecified atom stereocenters. The highest BCUT2D eigenvalue weighted by Crippen LogP contribution is 2.37. The number of hydrogen-bond donors (Lipinski definition) is 3. The Balaban J connectivity index is 2.89. The molecule has 4 N–H and O–H groups in total. The van der Waals surface area contributed by atoms with Gasteiger partial charge in [-0.25, -0.2) is 0 Å². The van der Waals surface area contributed by atoms with E-state index in [0.717, 1.165) is 0 Å². The molecule has 0 saturated heterocycles. The highest BCUT2D eigenvalue weighted by atomic mass is 16.5. The molecule has 0 aliphatic heterocycles. The molecule has 0 heterocycles. The molecule has 0 spiro atoms. The topological polar surface area (TPSA) is 94.2 Å². The highest BCUT2D eigenvalue weighted by molar-refractivity contribution is 5.64. The van der Waals surface area contributed by atoms with E-state index in [1.54, 1.807) is 12.1 Å². The smallest absolute Gasteiger partial charge is 0.184 e. The monoisotopic (exact) mass is 243 g/mol. The van der Waals surface area contributed by atoms with Gasteiger partial charge in [0.15, 0.2) is 11.5 Å².